The number of para-hydroxylation sites is 1. The number of hydrogen-bond donors (Lipinski definition) is 3. The molecule has 2 aromatic carbocycles. The molecule has 3 N–H and O–H groups in total. The molecule has 1 aliphatic heterocycles. The van der Waals surface area contributed by atoms with Gasteiger partial charge in [0.25, 0.3) is 5.91 Å². The maximum atomic E-state index is 12.5. The highest BCUT2D eigenvalue weighted by molar-refractivity contribution is 6.00. The molecule has 0 radical (unpaired) electrons. The van der Waals surface area contributed by atoms with Gasteiger partial charge in [-0.2, -0.15) is 0 Å². The highest BCUT2D eigenvalue weighted by Gasteiger charge is 2.16. The van der Waals surface area contributed by atoms with Gasteiger partial charge in [0.1, 0.15) is 5.56 Å². The minimum atomic E-state index is -0.587. The van der Waals surface area contributed by atoms with Crippen LogP contribution in [0.15, 0.2) is 59.5 Å². The van der Waals surface area contributed by atoms with E-state index in [1.807, 2.05) is 30.3 Å². The van der Waals surface area contributed by atoms with E-state index < -0.39 is 5.91 Å². The summed E-state index contributed by atoms with van der Waals surface area (Å²) >= 11 is 0. The van der Waals surface area contributed by atoms with Crippen molar-refractivity contribution in [3.63, 3.8) is 0 Å². The number of fused-ring (bicyclic) bond motifs is 1. The number of nitrogens with one attached hydrogen (secondary N) is 3. The van der Waals surface area contributed by atoms with Gasteiger partial charge in [0.15, 0.2) is 0 Å². The highest BCUT2D eigenvalue weighted by Crippen LogP contribution is 2.13. The summed E-state index contributed by atoms with van der Waals surface area (Å²) in [5.41, 5.74) is 2.13. The third-order valence-electron chi connectivity index (χ3n) is 6.00. The van der Waals surface area contributed by atoms with E-state index in [9.17, 15) is 14.4 Å². The lowest BCUT2D eigenvalue weighted by atomic mass is 10.1. The minimum Gasteiger partial charge on any atom is -0.360 e. The molecule has 8 heteroatoms. The molecule has 0 atom stereocenters. The van der Waals surface area contributed by atoms with E-state index in [2.05, 4.69) is 32.3 Å². The molecular weight excluding hydrogens is 418 g/mol. The molecule has 1 fully saturated rings. The van der Waals surface area contributed by atoms with Crippen molar-refractivity contribution in [1.82, 2.24) is 20.1 Å². The first kappa shape index (κ1) is 22.7. The number of aromatic nitrogens is 1. The number of nitrogens with zero attached hydrogens (tertiary/aromatic N) is 2. The van der Waals surface area contributed by atoms with E-state index in [0.29, 0.717) is 16.6 Å². The average molecular weight is 448 g/mol. The molecule has 1 saturated heterocycles. The zero-order valence-corrected chi connectivity index (χ0v) is 18.8. The lowest BCUT2D eigenvalue weighted by Gasteiger charge is -2.34. The maximum Gasteiger partial charge on any atom is 0.257 e. The summed E-state index contributed by atoms with van der Waals surface area (Å²) in [7, 11) is 0. The molecule has 1 aliphatic rings. The maximum absolute atomic E-state index is 12.5. The number of rotatable bonds is 7. The summed E-state index contributed by atoms with van der Waals surface area (Å²) in [6, 6.07) is 14.7. The van der Waals surface area contributed by atoms with Crippen molar-refractivity contribution in [1.29, 1.82) is 0 Å². The predicted molar refractivity (Wildman–Crippen MR) is 129 cm³/mol. The Hall–Kier alpha value is -3.49. The fourth-order valence-corrected chi connectivity index (χ4v) is 4.01. The SMILES string of the molecule is CCN1CCN(Cc2ccc(NC(=O)CNC(=O)c3c[nH]c4ccccc4c3=O)cc2)CC1. The highest BCUT2D eigenvalue weighted by atomic mass is 16.2. The molecule has 1 aromatic heterocycles. The molecule has 172 valence electrons. The molecule has 0 unspecified atom stereocenters. The number of likely N-dealkylation sites (N-methyl/N-ethyl adjacent to an activating group) is 1. The van der Waals surface area contributed by atoms with Crippen molar-refractivity contribution in [3.8, 4) is 0 Å². The van der Waals surface area contributed by atoms with Crippen molar-refractivity contribution in [3.05, 3.63) is 76.1 Å². The number of piperazine rings is 1. The van der Waals surface area contributed by atoms with Gasteiger partial charge in [-0.05, 0) is 36.4 Å². The fraction of sp³-hybridized carbons (Fsp3) is 0.320. The molecule has 0 spiro atoms. The Morgan fingerprint density at radius 2 is 1.67 bits per heavy atom. The molecular formula is C25H29N5O3. The number of amides is 2. The predicted octanol–water partition coefficient (Wildman–Crippen LogP) is 2.03. The summed E-state index contributed by atoms with van der Waals surface area (Å²) in [5.74, 6) is -0.945. The van der Waals surface area contributed by atoms with E-state index in [1.165, 1.54) is 11.8 Å². The van der Waals surface area contributed by atoms with Crippen LogP contribution in [0.1, 0.15) is 22.8 Å². The summed E-state index contributed by atoms with van der Waals surface area (Å²) < 4.78 is 0. The Kier molecular flexibility index (Phi) is 7.16. The molecule has 4 rings (SSSR count). The molecule has 33 heavy (non-hydrogen) atoms. The number of carbonyl (C=O) groups is 2. The second-order valence-corrected chi connectivity index (χ2v) is 8.22. The molecule has 0 saturated carbocycles. The molecule has 2 heterocycles. The van der Waals surface area contributed by atoms with Crippen LogP contribution in [-0.2, 0) is 11.3 Å². The van der Waals surface area contributed by atoms with Crippen LogP contribution in [0, 0.1) is 0 Å². The standard InChI is InChI=1S/C25H29N5O3/c1-2-29-11-13-30(14-12-29)17-18-7-9-19(10-8-18)28-23(31)16-27-25(33)21-15-26-22-6-4-3-5-20(22)24(21)32/h3-10,15H,2,11-14,16-17H2,1H3,(H,26,32)(H,27,33)(H,28,31). The first-order valence-corrected chi connectivity index (χ1v) is 11.3. The van der Waals surface area contributed by atoms with Crippen molar-refractivity contribution >= 4 is 28.4 Å². The number of hydrogen-bond acceptors (Lipinski definition) is 5. The summed E-state index contributed by atoms with van der Waals surface area (Å²) in [6.07, 6.45) is 1.37. The van der Waals surface area contributed by atoms with Gasteiger partial charge >= 0.3 is 0 Å². The number of pyridine rings is 1. The van der Waals surface area contributed by atoms with Crippen molar-refractivity contribution in [2.24, 2.45) is 0 Å². The van der Waals surface area contributed by atoms with E-state index >= 15 is 0 Å². The van der Waals surface area contributed by atoms with E-state index in [0.717, 1.165) is 39.3 Å². The second kappa shape index (κ2) is 10.4. The molecule has 3 aromatic rings. The Labute approximate surface area is 192 Å². The normalized spacial score (nSPS) is 14.8. The van der Waals surface area contributed by atoms with Gasteiger partial charge in [0.2, 0.25) is 11.3 Å². The van der Waals surface area contributed by atoms with Gasteiger partial charge in [0.05, 0.1) is 6.54 Å². The van der Waals surface area contributed by atoms with Crippen LogP contribution < -0.4 is 16.1 Å². The number of anilines is 1. The smallest absolute Gasteiger partial charge is 0.257 e. The third kappa shape index (κ3) is 5.66. The molecule has 0 aliphatic carbocycles. The fourth-order valence-electron chi connectivity index (χ4n) is 4.01. The first-order valence-electron chi connectivity index (χ1n) is 11.3. The topological polar surface area (TPSA) is 97.5 Å². The third-order valence-corrected chi connectivity index (χ3v) is 6.00. The Balaban J connectivity index is 1.27. The van der Waals surface area contributed by atoms with E-state index in [-0.39, 0.29) is 23.4 Å². The molecule has 0 bridgehead atoms. The Morgan fingerprint density at radius 3 is 2.39 bits per heavy atom. The van der Waals surface area contributed by atoms with Crippen LogP contribution in [-0.4, -0.2) is 65.9 Å². The van der Waals surface area contributed by atoms with Gasteiger partial charge in [0, 0.05) is 55.5 Å². The molecule has 2 amide bonds. The lowest BCUT2D eigenvalue weighted by molar-refractivity contribution is -0.115. The number of carbonyl (C=O) groups excluding carboxylic acids is 2. The molecule has 8 nitrogen and oxygen atoms in total. The van der Waals surface area contributed by atoms with Crippen LogP contribution >= 0.6 is 0 Å². The number of benzene rings is 2. The van der Waals surface area contributed by atoms with Gasteiger partial charge in [-0.3, -0.25) is 19.3 Å². The second-order valence-electron chi connectivity index (χ2n) is 8.22. The minimum absolute atomic E-state index is 0.0226. The van der Waals surface area contributed by atoms with Crippen molar-refractivity contribution in [2.45, 2.75) is 13.5 Å². The number of aromatic amines is 1. The Morgan fingerprint density at radius 1 is 0.970 bits per heavy atom. The van der Waals surface area contributed by atoms with Crippen LogP contribution in [0.25, 0.3) is 10.9 Å². The zero-order valence-electron chi connectivity index (χ0n) is 18.8. The quantitative estimate of drug-likeness (QED) is 0.515. The summed E-state index contributed by atoms with van der Waals surface area (Å²) in [5, 5.41) is 5.73. The van der Waals surface area contributed by atoms with Crippen LogP contribution in [0.5, 0.6) is 0 Å². The van der Waals surface area contributed by atoms with Crippen LogP contribution in [0.2, 0.25) is 0 Å². The van der Waals surface area contributed by atoms with Crippen LogP contribution in [0.4, 0.5) is 5.69 Å². The van der Waals surface area contributed by atoms with Gasteiger partial charge in [-0.15, -0.1) is 0 Å². The lowest BCUT2D eigenvalue weighted by Crippen LogP contribution is -2.45. The summed E-state index contributed by atoms with van der Waals surface area (Å²) in [4.78, 5) is 45.1. The van der Waals surface area contributed by atoms with E-state index in [4.69, 9.17) is 0 Å². The van der Waals surface area contributed by atoms with Crippen molar-refractivity contribution in [2.75, 3.05) is 44.6 Å². The zero-order chi connectivity index (χ0) is 23.2. The van der Waals surface area contributed by atoms with Gasteiger partial charge in [-0.25, -0.2) is 0 Å². The summed E-state index contributed by atoms with van der Waals surface area (Å²) in [6.45, 7) is 8.27. The first-order chi connectivity index (χ1) is 16.0. The largest absolute Gasteiger partial charge is 0.360 e. The monoisotopic (exact) mass is 447 g/mol. The Bertz CT molecular complexity index is 1180. The average Bonchev–Trinajstić information content (AvgIpc) is 2.84. The van der Waals surface area contributed by atoms with Crippen molar-refractivity contribution < 1.29 is 9.59 Å². The van der Waals surface area contributed by atoms with Gasteiger partial charge in [-0.1, -0.05) is 31.2 Å². The van der Waals surface area contributed by atoms with Gasteiger partial charge < -0.3 is 20.5 Å². The van der Waals surface area contributed by atoms with E-state index in [1.54, 1.807) is 18.2 Å². The number of H-pyrrole nitrogens is 1. The van der Waals surface area contributed by atoms with Crippen LogP contribution in [0.3, 0.4) is 0 Å².